The molecule has 0 aliphatic carbocycles. The molecule has 8 aromatic carbocycles. The van der Waals surface area contributed by atoms with Gasteiger partial charge in [0.15, 0.2) is 17.5 Å². The summed E-state index contributed by atoms with van der Waals surface area (Å²) in [5.74, 6) is 1.99. The number of benzene rings is 8. The number of hydrogen-bond donors (Lipinski definition) is 0. The fourth-order valence-corrected chi connectivity index (χ4v) is 11.1. The second-order valence-corrected chi connectivity index (χ2v) is 18.8. The lowest BCUT2D eigenvalue weighted by Gasteiger charge is -2.19. The molecule has 2 heterocycles. The van der Waals surface area contributed by atoms with E-state index in [0.29, 0.717) is 17.5 Å². The molecule has 0 unspecified atom stereocenters. The van der Waals surface area contributed by atoms with Crippen molar-refractivity contribution < 1.29 is 0 Å². The Morgan fingerprint density at radius 2 is 0.811 bits per heavy atom. The largest absolute Gasteiger partial charge is 0.208 e. The lowest BCUT2D eigenvalue weighted by molar-refractivity contribution is 1.07. The quantitative estimate of drug-likeness (QED) is 0.168. The highest BCUT2D eigenvalue weighted by Gasteiger charge is 2.38. The third-order valence-electron chi connectivity index (χ3n) is 10.9. The molecule has 10 rings (SSSR count). The predicted octanol–water partition coefficient (Wildman–Crippen LogP) is 11.3. The summed E-state index contributed by atoms with van der Waals surface area (Å²) in [7, 11) is -1.89. The first-order valence-corrected chi connectivity index (χ1v) is 21.2. The Morgan fingerprint density at radius 3 is 1.51 bits per heavy atom. The minimum Gasteiger partial charge on any atom is -0.208 e. The second kappa shape index (κ2) is 12.3. The van der Waals surface area contributed by atoms with Gasteiger partial charge in [0.2, 0.25) is 0 Å². The van der Waals surface area contributed by atoms with Gasteiger partial charge in [-0.15, -0.1) is 0 Å². The van der Waals surface area contributed by atoms with Crippen LogP contribution in [0.4, 0.5) is 0 Å². The third kappa shape index (κ3) is 5.38. The molecular weight excluding hydrogens is 659 g/mol. The molecule has 4 heteroatoms. The van der Waals surface area contributed by atoms with Gasteiger partial charge >= 0.3 is 0 Å². The first-order chi connectivity index (χ1) is 26.0. The lowest BCUT2D eigenvalue weighted by atomic mass is 9.97. The zero-order chi connectivity index (χ0) is 35.5. The smallest absolute Gasteiger partial charge is 0.164 e. The van der Waals surface area contributed by atoms with Gasteiger partial charge in [-0.25, -0.2) is 15.0 Å². The van der Waals surface area contributed by atoms with Crippen molar-refractivity contribution in [2.45, 2.75) is 13.1 Å². The number of aromatic nitrogens is 3. The fraction of sp³-hybridized carbons (Fsp3) is 0.0408. The fourth-order valence-electron chi connectivity index (χ4n) is 8.05. The Kier molecular flexibility index (Phi) is 7.27. The molecule has 0 fully saturated rings. The van der Waals surface area contributed by atoms with Gasteiger partial charge in [-0.3, -0.25) is 0 Å². The van der Waals surface area contributed by atoms with E-state index in [2.05, 4.69) is 183 Å². The molecule has 1 aliphatic heterocycles. The third-order valence-corrected chi connectivity index (χ3v) is 14.5. The van der Waals surface area contributed by atoms with Crippen molar-refractivity contribution in [3.8, 4) is 67.5 Å². The molecule has 9 aromatic rings. The molecule has 0 saturated heterocycles. The highest BCUT2D eigenvalue weighted by molar-refractivity contribution is 7.04. The minimum absolute atomic E-state index is 0.656. The van der Waals surface area contributed by atoms with Crippen LogP contribution in [0, 0.1) is 0 Å². The number of fused-ring (bicyclic) bond motifs is 6. The van der Waals surface area contributed by atoms with Crippen molar-refractivity contribution in [2.75, 3.05) is 0 Å². The molecule has 1 aliphatic rings. The molecule has 250 valence electrons. The molecule has 0 bridgehead atoms. The Bertz CT molecular complexity index is 2840. The summed E-state index contributed by atoms with van der Waals surface area (Å²) in [6.07, 6.45) is 0. The van der Waals surface area contributed by atoms with Crippen LogP contribution in [0.15, 0.2) is 176 Å². The maximum absolute atomic E-state index is 5.18. The zero-order valence-corrected chi connectivity index (χ0v) is 30.6. The van der Waals surface area contributed by atoms with Crippen LogP contribution in [0.3, 0.4) is 0 Å². The van der Waals surface area contributed by atoms with Gasteiger partial charge in [-0.05, 0) is 77.4 Å². The normalized spacial score (nSPS) is 12.9. The molecule has 0 amide bonds. The summed E-state index contributed by atoms with van der Waals surface area (Å²) in [5, 5.41) is 8.00. The van der Waals surface area contributed by atoms with E-state index in [1.807, 2.05) is 6.07 Å². The van der Waals surface area contributed by atoms with Gasteiger partial charge in [0.25, 0.3) is 0 Å². The molecule has 0 saturated carbocycles. The monoisotopic (exact) mass is 693 g/mol. The van der Waals surface area contributed by atoms with Crippen LogP contribution in [0.2, 0.25) is 13.1 Å². The van der Waals surface area contributed by atoms with Gasteiger partial charge in [0, 0.05) is 16.7 Å². The van der Waals surface area contributed by atoms with Crippen molar-refractivity contribution in [1.29, 1.82) is 0 Å². The standard InChI is InChI=1S/C49H35N3Si/c1-53(2)44-28-27-41(31-43(44)46-42-15-9-8-13-36(42)26-29-45(46)53)49-51-47(37-21-16-34(17-22-37)32-10-4-3-5-11-32)50-48(52-49)38-23-18-35(19-24-38)40-25-20-33-12-6-7-14-39(33)30-40/h3-31H,1-2H3. The Labute approximate surface area is 310 Å². The molecule has 1 aromatic heterocycles. The van der Waals surface area contributed by atoms with Gasteiger partial charge < -0.3 is 0 Å². The van der Waals surface area contributed by atoms with E-state index in [4.69, 9.17) is 15.0 Å². The number of hydrogen-bond acceptors (Lipinski definition) is 3. The first-order valence-electron chi connectivity index (χ1n) is 18.2. The Balaban J connectivity index is 1.10. The van der Waals surface area contributed by atoms with Crippen molar-refractivity contribution >= 4 is 40.0 Å². The maximum atomic E-state index is 5.18. The van der Waals surface area contributed by atoms with Crippen LogP contribution in [-0.4, -0.2) is 23.0 Å². The molecule has 3 nitrogen and oxygen atoms in total. The average molecular weight is 694 g/mol. The van der Waals surface area contributed by atoms with E-state index in [9.17, 15) is 0 Å². The zero-order valence-electron chi connectivity index (χ0n) is 29.6. The summed E-state index contributed by atoms with van der Waals surface area (Å²) < 4.78 is 0. The number of rotatable bonds is 5. The SMILES string of the molecule is C[Si]1(C)c2ccc(-c3nc(-c4ccc(-c5ccccc5)cc4)nc(-c4ccc(-c5ccc6ccccc6c5)cc4)n3)cc2-c2c1ccc1ccccc21. The van der Waals surface area contributed by atoms with Crippen molar-refractivity contribution in [1.82, 2.24) is 15.0 Å². The summed E-state index contributed by atoms with van der Waals surface area (Å²) in [5.41, 5.74) is 10.2. The van der Waals surface area contributed by atoms with Crippen LogP contribution in [-0.2, 0) is 0 Å². The van der Waals surface area contributed by atoms with Gasteiger partial charge in [-0.1, -0.05) is 177 Å². The van der Waals surface area contributed by atoms with Gasteiger partial charge in [0.1, 0.15) is 8.07 Å². The van der Waals surface area contributed by atoms with Crippen molar-refractivity contribution in [3.05, 3.63) is 176 Å². The molecule has 53 heavy (non-hydrogen) atoms. The second-order valence-electron chi connectivity index (χ2n) is 14.5. The summed E-state index contributed by atoms with van der Waals surface area (Å²) in [6, 6.07) is 63.0. The van der Waals surface area contributed by atoms with E-state index in [0.717, 1.165) is 27.8 Å². The lowest BCUT2D eigenvalue weighted by Crippen LogP contribution is -2.49. The first kappa shape index (κ1) is 31.3. The van der Waals surface area contributed by atoms with Crippen LogP contribution >= 0.6 is 0 Å². The minimum atomic E-state index is -1.89. The molecule has 0 radical (unpaired) electrons. The highest BCUT2D eigenvalue weighted by atomic mass is 28.3. The van der Waals surface area contributed by atoms with Crippen LogP contribution in [0.5, 0.6) is 0 Å². The average Bonchev–Trinajstić information content (AvgIpc) is 3.46. The molecule has 0 N–H and O–H groups in total. The highest BCUT2D eigenvalue weighted by Crippen LogP contribution is 2.37. The van der Waals surface area contributed by atoms with Crippen LogP contribution in [0.1, 0.15) is 0 Å². The Morgan fingerprint density at radius 1 is 0.340 bits per heavy atom. The van der Waals surface area contributed by atoms with E-state index in [1.165, 1.54) is 54.2 Å². The predicted molar refractivity (Wildman–Crippen MR) is 224 cm³/mol. The van der Waals surface area contributed by atoms with E-state index >= 15 is 0 Å². The summed E-state index contributed by atoms with van der Waals surface area (Å²) in [4.78, 5) is 15.4. The molecule has 0 atom stereocenters. The number of nitrogens with zero attached hydrogens (tertiary/aromatic N) is 3. The summed E-state index contributed by atoms with van der Waals surface area (Å²) in [6.45, 7) is 4.93. The summed E-state index contributed by atoms with van der Waals surface area (Å²) >= 11 is 0. The molecule has 0 spiro atoms. The van der Waals surface area contributed by atoms with Crippen molar-refractivity contribution in [2.24, 2.45) is 0 Å². The van der Waals surface area contributed by atoms with Crippen LogP contribution in [0.25, 0.3) is 89.1 Å². The van der Waals surface area contributed by atoms with Crippen molar-refractivity contribution in [3.63, 3.8) is 0 Å². The molecular formula is C49H35N3Si. The Hall–Kier alpha value is -6.49. The van der Waals surface area contributed by atoms with Crippen LogP contribution < -0.4 is 10.4 Å². The maximum Gasteiger partial charge on any atom is 0.164 e. The van der Waals surface area contributed by atoms with Gasteiger partial charge in [0.05, 0.1) is 0 Å². The topological polar surface area (TPSA) is 38.7 Å². The van der Waals surface area contributed by atoms with E-state index < -0.39 is 8.07 Å². The van der Waals surface area contributed by atoms with Gasteiger partial charge in [-0.2, -0.15) is 0 Å². The van der Waals surface area contributed by atoms with E-state index in [-0.39, 0.29) is 0 Å². The van der Waals surface area contributed by atoms with E-state index in [1.54, 1.807) is 0 Å².